The number of rotatable bonds is 5. The fourth-order valence-electron chi connectivity index (χ4n) is 2.66. The van der Waals surface area contributed by atoms with E-state index < -0.39 is 5.41 Å². The molecule has 0 radical (unpaired) electrons. The molecule has 0 unspecified atom stereocenters. The molecule has 0 spiro atoms. The molecule has 1 heterocycles. The van der Waals surface area contributed by atoms with Gasteiger partial charge in [0.15, 0.2) is 0 Å². The van der Waals surface area contributed by atoms with Gasteiger partial charge in [-0.25, -0.2) is 4.98 Å². The Labute approximate surface area is 130 Å². The first-order chi connectivity index (χ1) is 10.7. The summed E-state index contributed by atoms with van der Waals surface area (Å²) in [6.45, 7) is 2.05. The van der Waals surface area contributed by atoms with E-state index >= 15 is 0 Å². The number of aryl methyl sites for hydroxylation is 1. The van der Waals surface area contributed by atoms with Gasteiger partial charge in [0.2, 0.25) is 5.91 Å². The monoisotopic (exact) mass is 296 g/mol. The molecule has 0 aliphatic heterocycles. The van der Waals surface area contributed by atoms with Gasteiger partial charge in [-0.1, -0.05) is 25.1 Å². The number of aromatic nitrogens is 1. The van der Waals surface area contributed by atoms with Crippen molar-refractivity contribution in [2.75, 3.05) is 12.4 Å². The van der Waals surface area contributed by atoms with Gasteiger partial charge in [-0.2, -0.15) is 0 Å². The van der Waals surface area contributed by atoms with E-state index in [4.69, 9.17) is 4.74 Å². The molecular weight excluding hydrogens is 276 g/mol. The number of anilines is 1. The molecule has 0 bridgehead atoms. The molecule has 1 aliphatic carbocycles. The van der Waals surface area contributed by atoms with Crippen LogP contribution in [-0.4, -0.2) is 18.0 Å². The molecule has 1 saturated carbocycles. The molecule has 114 valence electrons. The molecule has 1 aromatic heterocycles. The van der Waals surface area contributed by atoms with Crippen LogP contribution in [0.5, 0.6) is 5.75 Å². The molecule has 1 aliphatic rings. The van der Waals surface area contributed by atoms with Crippen molar-refractivity contribution in [3.05, 3.63) is 53.7 Å². The molecule has 2 aromatic rings. The lowest BCUT2D eigenvalue weighted by molar-refractivity contribution is -0.118. The van der Waals surface area contributed by atoms with Crippen molar-refractivity contribution in [3.8, 4) is 5.75 Å². The van der Waals surface area contributed by atoms with E-state index in [2.05, 4.69) is 10.3 Å². The summed E-state index contributed by atoms with van der Waals surface area (Å²) in [4.78, 5) is 17.1. The van der Waals surface area contributed by atoms with Crippen molar-refractivity contribution >= 4 is 11.7 Å². The smallest absolute Gasteiger partial charge is 0.236 e. The van der Waals surface area contributed by atoms with Crippen molar-refractivity contribution in [3.63, 3.8) is 0 Å². The minimum Gasteiger partial charge on any atom is -0.497 e. The van der Waals surface area contributed by atoms with Crippen molar-refractivity contribution < 1.29 is 9.53 Å². The lowest BCUT2D eigenvalue weighted by Gasteiger charge is -2.16. The maximum atomic E-state index is 12.7. The van der Waals surface area contributed by atoms with Gasteiger partial charge in [0.1, 0.15) is 11.6 Å². The van der Waals surface area contributed by atoms with E-state index in [0.717, 1.165) is 36.3 Å². The van der Waals surface area contributed by atoms with E-state index in [1.54, 1.807) is 7.11 Å². The lowest BCUT2D eigenvalue weighted by Crippen LogP contribution is -2.28. The van der Waals surface area contributed by atoms with Gasteiger partial charge in [0, 0.05) is 5.69 Å². The molecule has 22 heavy (non-hydrogen) atoms. The van der Waals surface area contributed by atoms with Gasteiger partial charge >= 0.3 is 0 Å². The molecule has 4 heteroatoms. The number of hydrogen-bond acceptors (Lipinski definition) is 3. The van der Waals surface area contributed by atoms with Gasteiger partial charge in [0.25, 0.3) is 0 Å². The minimum absolute atomic E-state index is 0.0263. The van der Waals surface area contributed by atoms with E-state index in [0.29, 0.717) is 5.82 Å². The molecule has 1 amide bonds. The fraction of sp³-hybridized carbons (Fsp3) is 0.333. The average molecular weight is 296 g/mol. The van der Waals surface area contributed by atoms with Crippen LogP contribution >= 0.6 is 0 Å². The lowest BCUT2D eigenvalue weighted by atomic mass is 9.95. The summed E-state index contributed by atoms with van der Waals surface area (Å²) < 4.78 is 5.17. The van der Waals surface area contributed by atoms with Gasteiger partial charge < -0.3 is 10.1 Å². The van der Waals surface area contributed by atoms with Gasteiger partial charge in [-0.15, -0.1) is 0 Å². The first-order valence-electron chi connectivity index (χ1n) is 7.60. The Morgan fingerprint density at radius 1 is 1.23 bits per heavy atom. The predicted molar refractivity (Wildman–Crippen MR) is 86.2 cm³/mol. The standard InChI is InChI=1S/C18H20N2O2/c1-3-14-5-4-6-16(19-14)20-17(21)18(11-12-18)13-7-9-15(22-2)10-8-13/h4-10H,3,11-12H2,1-2H3,(H,19,20,21). The highest BCUT2D eigenvalue weighted by atomic mass is 16.5. The fourth-order valence-corrected chi connectivity index (χ4v) is 2.66. The number of methoxy groups -OCH3 is 1. The van der Waals surface area contributed by atoms with Gasteiger partial charge in [-0.3, -0.25) is 4.79 Å². The molecular formula is C18H20N2O2. The highest BCUT2D eigenvalue weighted by molar-refractivity contribution is 6.00. The van der Waals surface area contributed by atoms with Gasteiger partial charge in [-0.05, 0) is 49.1 Å². The second kappa shape index (κ2) is 5.79. The maximum Gasteiger partial charge on any atom is 0.236 e. The van der Waals surface area contributed by atoms with Crippen LogP contribution in [0.1, 0.15) is 31.0 Å². The van der Waals surface area contributed by atoms with Crippen LogP contribution < -0.4 is 10.1 Å². The largest absolute Gasteiger partial charge is 0.497 e. The van der Waals surface area contributed by atoms with Crippen LogP contribution in [0.25, 0.3) is 0 Å². The molecule has 3 rings (SSSR count). The van der Waals surface area contributed by atoms with E-state index in [1.807, 2.05) is 49.4 Å². The Morgan fingerprint density at radius 3 is 2.55 bits per heavy atom. The first kappa shape index (κ1) is 14.6. The third-order valence-electron chi connectivity index (χ3n) is 4.24. The number of ether oxygens (including phenoxy) is 1. The second-order valence-electron chi connectivity index (χ2n) is 5.63. The summed E-state index contributed by atoms with van der Waals surface area (Å²) in [6.07, 6.45) is 2.60. The number of carbonyl (C=O) groups is 1. The number of nitrogens with one attached hydrogen (secondary N) is 1. The summed E-state index contributed by atoms with van der Waals surface area (Å²) in [5, 5.41) is 2.97. The Hall–Kier alpha value is -2.36. The number of amides is 1. The van der Waals surface area contributed by atoms with Crippen LogP contribution in [0.4, 0.5) is 5.82 Å². The van der Waals surface area contributed by atoms with Crippen LogP contribution in [0.3, 0.4) is 0 Å². The van der Waals surface area contributed by atoms with E-state index in [-0.39, 0.29) is 5.91 Å². The Bertz CT molecular complexity index is 676. The molecule has 1 aromatic carbocycles. The van der Waals surface area contributed by atoms with E-state index in [9.17, 15) is 4.79 Å². The van der Waals surface area contributed by atoms with Gasteiger partial charge in [0.05, 0.1) is 12.5 Å². The third-order valence-corrected chi connectivity index (χ3v) is 4.24. The number of pyridine rings is 1. The summed E-state index contributed by atoms with van der Waals surface area (Å²) in [5.41, 5.74) is 1.61. The summed E-state index contributed by atoms with van der Waals surface area (Å²) in [5.74, 6) is 1.46. The summed E-state index contributed by atoms with van der Waals surface area (Å²) in [6, 6.07) is 13.5. The topological polar surface area (TPSA) is 51.2 Å². The highest BCUT2D eigenvalue weighted by Gasteiger charge is 2.51. The van der Waals surface area contributed by atoms with Crippen molar-refractivity contribution in [2.45, 2.75) is 31.6 Å². The number of nitrogens with zero attached hydrogens (tertiary/aromatic N) is 1. The normalized spacial score (nSPS) is 15.2. The minimum atomic E-state index is -0.407. The number of benzene rings is 1. The first-order valence-corrected chi connectivity index (χ1v) is 7.60. The Morgan fingerprint density at radius 2 is 1.95 bits per heavy atom. The number of carbonyl (C=O) groups excluding carboxylic acids is 1. The summed E-state index contributed by atoms with van der Waals surface area (Å²) >= 11 is 0. The Kier molecular flexibility index (Phi) is 3.84. The van der Waals surface area contributed by atoms with Crippen molar-refractivity contribution in [1.29, 1.82) is 0 Å². The predicted octanol–water partition coefficient (Wildman–Crippen LogP) is 3.32. The zero-order valence-electron chi connectivity index (χ0n) is 12.9. The van der Waals surface area contributed by atoms with Crippen LogP contribution in [0.2, 0.25) is 0 Å². The zero-order valence-corrected chi connectivity index (χ0v) is 12.9. The van der Waals surface area contributed by atoms with Crippen molar-refractivity contribution in [1.82, 2.24) is 4.98 Å². The SMILES string of the molecule is CCc1cccc(NC(=O)C2(c3ccc(OC)cc3)CC2)n1. The van der Waals surface area contributed by atoms with Crippen LogP contribution in [0, 0.1) is 0 Å². The van der Waals surface area contributed by atoms with Crippen molar-refractivity contribution in [2.24, 2.45) is 0 Å². The van der Waals surface area contributed by atoms with Crippen LogP contribution in [0.15, 0.2) is 42.5 Å². The number of hydrogen-bond donors (Lipinski definition) is 1. The Balaban J connectivity index is 1.78. The third kappa shape index (κ3) is 2.69. The second-order valence-corrected chi connectivity index (χ2v) is 5.63. The molecule has 4 nitrogen and oxygen atoms in total. The average Bonchev–Trinajstić information content (AvgIpc) is 3.37. The maximum absolute atomic E-state index is 12.7. The highest BCUT2D eigenvalue weighted by Crippen LogP contribution is 2.49. The zero-order chi connectivity index (χ0) is 15.6. The van der Waals surface area contributed by atoms with Crippen LogP contribution in [-0.2, 0) is 16.6 Å². The molecule has 0 saturated heterocycles. The quantitative estimate of drug-likeness (QED) is 0.921. The molecule has 1 N–H and O–H groups in total. The molecule has 0 atom stereocenters. The van der Waals surface area contributed by atoms with E-state index in [1.165, 1.54) is 0 Å². The summed E-state index contributed by atoms with van der Waals surface area (Å²) in [7, 11) is 1.64. The molecule has 1 fully saturated rings.